The van der Waals surface area contributed by atoms with Crippen LogP contribution in [0.15, 0.2) is 35.3 Å². The van der Waals surface area contributed by atoms with Crippen LogP contribution < -0.4 is 5.73 Å². The van der Waals surface area contributed by atoms with Crippen molar-refractivity contribution in [2.45, 2.75) is 30.3 Å². The Labute approximate surface area is 198 Å². The van der Waals surface area contributed by atoms with E-state index in [9.17, 15) is 19.8 Å². The fraction of sp³-hybridized carbons (Fsp3) is 0.353. The minimum absolute atomic E-state index is 0.0362. The predicted molar refractivity (Wildman–Crippen MR) is 120 cm³/mol. The average Bonchev–Trinajstić information content (AvgIpc) is 3.29. The summed E-state index contributed by atoms with van der Waals surface area (Å²) in [5.74, 6) is 0.414. The molecule has 0 aliphatic carbocycles. The van der Waals surface area contributed by atoms with Gasteiger partial charge in [-0.3, -0.25) is 23.7 Å². The third kappa shape index (κ3) is 4.14. The number of nitrogens with zero attached hydrogens (tertiary/aromatic N) is 5. The van der Waals surface area contributed by atoms with Crippen molar-refractivity contribution in [1.82, 2.24) is 19.5 Å². The zero-order chi connectivity index (χ0) is 23.3. The van der Waals surface area contributed by atoms with Crippen LogP contribution in [-0.4, -0.2) is 54.5 Å². The molecule has 4 heterocycles. The summed E-state index contributed by atoms with van der Waals surface area (Å²) in [6, 6.07) is 5.88. The number of nitro benzene ring substituents is 1. The van der Waals surface area contributed by atoms with E-state index in [2.05, 4.69) is 30.9 Å². The van der Waals surface area contributed by atoms with Gasteiger partial charge < -0.3 is 15.6 Å². The summed E-state index contributed by atoms with van der Waals surface area (Å²) in [5.41, 5.74) is 7.23. The van der Waals surface area contributed by atoms with Crippen molar-refractivity contribution in [3.05, 3.63) is 51.0 Å². The van der Waals surface area contributed by atoms with Gasteiger partial charge in [-0.15, -0.1) is 0 Å². The number of aliphatic hydroxyl groups is 1. The Kier molecular flexibility index (Phi) is 5.89. The number of anilines is 1. The third-order valence-electron chi connectivity index (χ3n) is 5.21. The molecule has 16 heteroatoms. The number of aromatic nitrogens is 4. The Morgan fingerprint density at radius 1 is 1.36 bits per heavy atom. The number of fused-ring (bicyclic) bond motifs is 2. The van der Waals surface area contributed by atoms with Gasteiger partial charge in [0, 0.05) is 17.9 Å². The smallest absolute Gasteiger partial charge is 0.386 e. The van der Waals surface area contributed by atoms with Gasteiger partial charge in [0.25, 0.3) is 5.69 Å². The number of benzene rings is 1. The highest BCUT2D eigenvalue weighted by Gasteiger charge is 2.53. The number of hydrogen-bond donors (Lipinski definition) is 2. The highest BCUT2D eigenvalue weighted by atomic mass is 79.9. The van der Waals surface area contributed by atoms with Crippen LogP contribution in [-0.2, 0) is 24.1 Å². The highest BCUT2D eigenvalue weighted by Crippen LogP contribution is 2.66. The van der Waals surface area contributed by atoms with Gasteiger partial charge in [-0.05, 0) is 32.9 Å². The number of nitro groups is 1. The van der Waals surface area contributed by atoms with Crippen molar-refractivity contribution >= 4 is 56.8 Å². The van der Waals surface area contributed by atoms with Crippen LogP contribution in [0, 0.1) is 10.1 Å². The van der Waals surface area contributed by atoms with E-state index in [0.29, 0.717) is 21.5 Å². The summed E-state index contributed by atoms with van der Waals surface area (Å²) < 4.78 is 32.1. The number of aliphatic hydroxyl groups excluding tert-OH is 1. The number of non-ortho nitro benzene ring substituents is 1. The molecule has 2 aliphatic rings. The fourth-order valence-electron chi connectivity index (χ4n) is 3.60. The molecule has 5 atom stereocenters. The largest absolute Gasteiger partial charge is 0.389 e. The topological polar surface area (TPSA) is 178 Å². The molecular formula is C17H16BrN6O7PS. The Morgan fingerprint density at radius 3 is 2.85 bits per heavy atom. The number of rotatable bonds is 5. The van der Waals surface area contributed by atoms with E-state index in [1.165, 1.54) is 23.0 Å². The van der Waals surface area contributed by atoms with Crippen molar-refractivity contribution in [3.8, 4) is 0 Å². The van der Waals surface area contributed by atoms with E-state index in [1.807, 2.05) is 0 Å². The summed E-state index contributed by atoms with van der Waals surface area (Å²) in [4.78, 5) is 22.7. The van der Waals surface area contributed by atoms with Gasteiger partial charge in [-0.1, -0.05) is 12.1 Å². The summed E-state index contributed by atoms with van der Waals surface area (Å²) in [6.45, 7) is -3.68. The van der Waals surface area contributed by atoms with Crippen LogP contribution in [0.3, 0.4) is 0 Å². The SMILES string of the molecule is Nc1ncnc2c1nc(Br)n2[C@@H]1O[C@@H]2COP(=O)(SCc3ccc([N+](=O)[O-])cc3)OC2C1O. The molecule has 0 saturated carbocycles. The molecule has 5 rings (SSSR count). The second-order valence-corrected chi connectivity index (χ2v) is 12.0. The monoisotopic (exact) mass is 558 g/mol. The molecule has 33 heavy (non-hydrogen) atoms. The second-order valence-electron chi connectivity index (χ2n) is 7.25. The van der Waals surface area contributed by atoms with Gasteiger partial charge in [-0.2, -0.15) is 0 Å². The van der Waals surface area contributed by atoms with Crippen molar-refractivity contribution in [1.29, 1.82) is 0 Å². The maximum Gasteiger partial charge on any atom is 0.389 e. The second kappa shape index (κ2) is 8.58. The van der Waals surface area contributed by atoms with Gasteiger partial charge in [-0.25, -0.2) is 19.5 Å². The van der Waals surface area contributed by atoms with Gasteiger partial charge in [0.05, 0.1) is 11.5 Å². The molecule has 0 radical (unpaired) electrons. The third-order valence-corrected chi connectivity index (χ3v) is 9.43. The number of halogens is 1. The average molecular weight is 559 g/mol. The van der Waals surface area contributed by atoms with Crippen LogP contribution in [0.1, 0.15) is 11.8 Å². The number of ether oxygens (including phenoxy) is 1. The molecular weight excluding hydrogens is 543 g/mol. The highest BCUT2D eigenvalue weighted by molar-refractivity contribution is 9.10. The summed E-state index contributed by atoms with van der Waals surface area (Å²) in [5, 5.41) is 21.8. The Balaban J connectivity index is 1.32. The lowest BCUT2D eigenvalue weighted by Crippen LogP contribution is -2.38. The molecule has 2 saturated heterocycles. The Hall–Kier alpha value is -2.13. The van der Waals surface area contributed by atoms with Crippen LogP contribution in [0.4, 0.5) is 11.5 Å². The predicted octanol–water partition coefficient (Wildman–Crippen LogP) is 2.79. The van der Waals surface area contributed by atoms with E-state index < -0.39 is 36.3 Å². The maximum absolute atomic E-state index is 13.2. The van der Waals surface area contributed by atoms with Gasteiger partial charge in [0.1, 0.15) is 24.6 Å². The van der Waals surface area contributed by atoms with E-state index in [0.717, 1.165) is 11.4 Å². The van der Waals surface area contributed by atoms with Crippen LogP contribution >= 0.6 is 34.1 Å². The number of imidazole rings is 1. The maximum atomic E-state index is 13.2. The first kappa shape index (κ1) is 22.7. The molecule has 2 aromatic heterocycles. The molecule has 3 aromatic rings. The van der Waals surface area contributed by atoms with Gasteiger partial charge in [0.15, 0.2) is 27.9 Å². The van der Waals surface area contributed by atoms with E-state index in [4.69, 9.17) is 19.5 Å². The quantitative estimate of drug-likeness (QED) is 0.203. The lowest BCUT2D eigenvalue weighted by atomic mass is 10.1. The van der Waals surface area contributed by atoms with Crippen molar-refractivity contribution in [2.24, 2.45) is 0 Å². The van der Waals surface area contributed by atoms with Crippen LogP contribution in [0.2, 0.25) is 0 Å². The lowest BCUT2D eigenvalue weighted by molar-refractivity contribution is -0.384. The molecule has 1 aromatic carbocycles. The number of hydrogen-bond acceptors (Lipinski definition) is 12. The molecule has 174 valence electrons. The fourth-order valence-corrected chi connectivity index (χ4v) is 7.54. The first-order valence-electron chi connectivity index (χ1n) is 9.54. The molecule has 2 aliphatic heterocycles. The Morgan fingerprint density at radius 2 is 2.12 bits per heavy atom. The minimum atomic E-state index is -3.63. The molecule has 0 bridgehead atoms. The van der Waals surface area contributed by atoms with Crippen molar-refractivity contribution in [2.75, 3.05) is 12.3 Å². The molecule has 13 nitrogen and oxygen atoms in total. The zero-order valence-electron chi connectivity index (χ0n) is 16.6. The number of nitrogen functional groups attached to an aromatic ring is 1. The summed E-state index contributed by atoms with van der Waals surface area (Å²) in [7, 11) is 0. The summed E-state index contributed by atoms with van der Waals surface area (Å²) >= 11 is 4.27. The van der Waals surface area contributed by atoms with Gasteiger partial charge >= 0.3 is 6.80 Å². The number of nitrogens with two attached hydrogens (primary N) is 1. The zero-order valence-corrected chi connectivity index (χ0v) is 19.9. The standard InChI is InChI=1S/C17H16BrN6O7PS/c18-17-22-11-14(19)20-7-21-15(11)23(17)16-12(25)13-10(30-16)5-29-32(28,31-13)33-6-8-1-3-9(4-2-8)24(26)27/h1-4,7,10,12-13,16,25H,5-6H2,(H2,19,20,21)/t10-,12?,13?,16-,32?/m1/s1. The molecule has 2 fully saturated rings. The molecule has 0 spiro atoms. The van der Waals surface area contributed by atoms with E-state index >= 15 is 0 Å². The van der Waals surface area contributed by atoms with E-state index in [1.54, 1.807) is 12.1 Å². The lowest BCUT2D eigenvalue weighted by Gasteiger charge is -2.31. The first-order valence-corrected chi connectivity index (χ1v) is 13.5. The van der Waals surface area contributed by atoms with Crippen molar-refractivity contribution < 1.29 is 28.4 Å². The Bertz CT molecular complexity index is 1280. The molecule has 0 amide bonds. The normalized spacial score (nSPS) is 29.3. The molecule has 3 N–H and O–H groups in total. The minimum Gasteiger partial charge on any atom is -0.386 e. The first-order chi connectivity index (χ1) is 15.8. The van der Waals surface area contributed by atoms with Crippen LogP contribution in [0.5, 0.6) is 0 Å². The summed E-state index contributed by atoms with van der Waals surface area (Å²) in [6.07, 6.45) is -2.45. The van der Waals surface area contributed by atoms with Gasteiger partial charge in [0.2, 0.25) is 0 Å². The van der Waals surface area contributed by atoms with Crippen molar-refractivity contribution in [3.63, 3.8) is 0 Å². The van der Waals surface area contributed by atoms with E-state index in [-0.39, 0.29) is 23.9 Å². The molecule has 3 unspecified atom stereocenters. The van der Waals surface area contributed by atoms with Crippen LogP contribution in [0.25, 0.3) is 11.2 Å².